The second-order valence-corrected chi connectivity index (χ2v) is 10.1. The van der Waals surface area contributed by atoms with E-state index in [2.05, 4.69) is 6.58 Å². The third kappa shape index (κ3) is 6.36. The second kappa shape index (κ2) is 11.1. The second-order valence-electron chi connectivity index (χ2n) is 6.92. The van der Waals surface area contributed by atoms with Crippen molar-refractivity contribution < 1.29 is 18.1 Å². The van der Waals surface area contributed by atoms with Crippen molar-refractivity contribution in [3.8, 4) is 0 Å². The van der Waals surface area contributed by atoms with Crippen LogP contribution in [-0.2, 0) is 19.9 Å². The maximum absolute atomic E-state index is 13.0. The Morgan fingerprint density at radius 1 is 1.14 bits per heavy atom. The van der Waals surface area contributed by atoms with Gasteiger partial charge in [-0.2, -0.15) is 0 Å². The van der Waals surface area contributed by atoms with E-state index < -0.39 is 26.2 Å². The maximum atomic E-state index is 13.0. The monoisotopic (exact) mass is 461 g/mol. The van der Waals surface area contributed by atoms with Gasteiger partial charge in [-0.05, 0) is 0 Å². The minimum atomic E-state index is -2.37. The van der Waals surface area contributed by atoms with E-state index in [1.807, 2.05) is 60.7 Å². The van der Waals surface area contributed by atoms with Gasteiger partial charge in [0.2, 0.25) is 0 Å². The fourth-order valence-electron chi connectivity index (χ4n) is 3.23. The van der Waals surface area contributed by atoms with E-state index >= 15 is 0 Å². The van der Waals surface area contributed by atoms with Gasteiger partial charge in [0, 0.05) is 0 Å². The summed E-state index contributed by atoms with van der Waals surface area (Å²) < 4.78 is 25.5. The van der Waals surface area contributed by atoms with Crippen LogP contribution >= 0.6 is 0 Å². The molecule has 3 rings (SSSR count). The van der Waals surface area contributed by atoms with Crippen molar-refractivity contribution in [1.29, 1.82) is 0 Å². The van der Waals surface area contributed by atoms with Crippen molar-refractivity contribution in [3.63, 3.8) is 0 Å². The Morgan fingerprint density at radius 3 is 2.52 bits per heavy atom. The average Bonchev–Trinajstić information content (AvgIpc) is 2.75. The Morgan fingerprint density at radius 2 is 1.83 bits per heavy atom. The molecule has 0 saturated carbocycles. The van der Waals surface area contributed by atoms with E-state index in [9.17, 15) is 8.63 Å². The first kappa shape index (κ1) is 21.4. The van der Waals surface area contributed by atoms with Crippen LogP contribution in [-0.4, -0.2) is 43.7 Å². The predicted molar refractivity (Wildman–Crippen MR) is 113 cm³/mol. The molecule has 2 aromatic carbocycles. The number of benzene rings is 2. The molecule has 0 aliphatic carbocycles. The minimum absolute atomic E-state index is 0.167. The van der Waals surface area contributed by atoms with Crippen LogP contribution in [0.2, 0.25) is 5.32 Å². The molecular weight excluding hydrogens is 433 g/mol. The van der Waals surface area contributed by atoms with Gasteiger partial charge in [0.15, 0.2) is 0 Å². The van der Waals surface area contributed by atoms with E-state index in [0.717, 1.165) is 29.3 Å². The summed E-state index contributed by atoms with van der Waals surface area (Å²) in [6, 6.07) is 18.9. The van der Waals surface area contributed by atoms with Crippen molar-refractivity contribution in [2.24, 2.45) is 0 Å². The Hall–Kier alpha value is -2.27. The van der Waals surface area contributed by atoms with Crippen molar-refractivity contribution >= 4 is 24.4 Å². The number of carbonyl (C=O) groups is 1. The molecule has 5 nitrogen and oxygen atoms in total. The molecule has 29 heavy (non-hydrogen) atoms. The molecule has 1 aliphatic rings. The van der Waals surface area contributed by atoms with Crippen molar-refractivity contribution in [2.45, 2.75) is 43.5 Å². The number of nitrogens with zero attached hydrogens (tertiary/aromatic N) is 1. The topological polar surface area (TPSA) is 55.8 Å². The van der Waals surface area contributed by atoms with Crippen LogP contribution in [0.1, 0.15) is 24.8 Å². The van der Waals surface area contributed by atoms with Crippen LogP contribution in [0.3, 0.4) is 0 Å². The first-order chi connectivity index (χ1) is 14.2. The van der Waals surface area contributed by atoms with E-state index in [0.29, 0.717) is 6.54 Å². The molecule has 1 heterocycles. The van der Waals surface area contributed by atoms with Crippen LogP contribution in [0.25, 0.3) is 0 Å². The fourth-order valence-corrected chi connectivity index (χ4v) is 5.68. The summed E-state index contributed by atoms with van der Waals surface area (Å²) in [5.74, 6) is 0. The standard InChI is InChI=1S/C23H27NO4Se/c1-2-20-13-9-10-16-24(23(25)27-17-19-11-5-3-6-12-19)22(28-20)18-29(26)21-14-7-4-8-15-21/h2-8,11-12,14-15,20,22H,1,9-10,13,16-18H2. The van der Waals surface area contributed by atoms with Crippen LogP contribution in [0.5, 0.6) is 0 Å². The molecule has 2 aromatic rings. The number of carbonyl (C=O) groups excluding carboxylic acids is 1. The van der Waals surface area contributed by atoms with Gasteiger partial charge in [0.25, 0.3) is 0 Å². The van der Waals surface area contributed by atoms with Crippen LogP contribution < -0.4 is 4.46 Å². The number of amides is 1. The number of hydrogen-bond acceptors (Lipinski definition) is 4. The van der Waals surface area contributed by atoms with Gasteiger partial charge < -0.3 is 0 Å². The van der Waals surface area contributed by atoms with E-state index in [1.165, 1.54) is 0 Å². The molecule has 0 aromatic heterocycles. The van der Waals surface area contributed by atoms with Crippen molar-refractivity contribution in [1.82, 2.24) is 4.90 Å². The molecule has 1 amide bonds. The molecular formula is C23H27NO4Se. The van der Waals surface area contributed by atoms with Crippen molar-refractivity contribution in [2.75, 3.05) is 6.54 Å². The first-order valence-corrected chi connectivity index (χ1v) is 12.6. The first-order valence-electron chi connectivity index (χ1n) is 9.86. The summed E-state index contributed by atoms with van der Waals surface area (Å²) in [6.45, 7) is 4.57. The molecule has 1 fully saturated rings. The van der Waals surface area contributed by atoms with E-state index in [1.54, 1.807) is 11.0 Å². The molecule has 0 radical (unpaired) electrons. The van der Waals surface area contributed by atoms with Gasteiger partial charge in [-0.15, -0.1) is 0 Å². The third-order valence-electron chi connectivity index (χ3n) is 4.82. The van der Waals surface area contributed by atoms with Crippen LogP contribution in [0, 0.1) is 0 Å². The quantitative estimate of drug-likeness (QED) is 0.483. The molecule has 0 spiro atoms. The van der Waals surface area contributed by atoms with E-state index in [-0.39, 0.29) is 18.0 Å². The predicted octanol–water partition coefficient (Wildman–Crippen LogP) is 4.04. The van der Waals surface area contributed by atoms with Gasteiger partial charge in [0.05, 0.1) is 0 Å². The Labute approximate surface area is 176 Å². The summed E-state index contributed by atoms with van der Waals surface area (Å²) >= 11 is -2.37. The molecule has 3 atom stereocenters. The van der Waals surface area contributed by atoms with Gasteiger partial charge in [-0.25, -0.2) is 0 Å². The molecule has 6 heteroatoms. The Kier molecular flexibility index (Phi) is 8.17. The van der Waals surface area contributed by atoms with Gasteiger partial charge >= 0.3 is 176 Å². The van der Waals surface area contributed by atoms with Crippen LogP contribution in [0.15, 0.2) is 73.3 Å². The molecule has 0 N–H and O–H groups in total. The van der Waals surface area contributed by atoms with E-state index in [4.69, 9.17) is 9.47 Å². The summed E-state index contributed by atoms with van der Waals surface area (Å²) in [5, 5.41) is 0.286. The fraction of sp³-hybridized carbons (Fsp3) is 0.348. The molecule has 154 valence electrons. The van der Waals surface area contributed by atoms with Gasteiger partial charge in [0.1, 0.15) is 0 Å². The third-order valence-corrected chi connectivity index (χ3v) is 7.73. The van der Waals surface area contributed by atoms with Crippen molar-refractivity contribution in [3.05, 3.63) is 78.9 Å². The van der Waals surface area contributed by atoms with Gasteiger partial charge in [-0.3, -0.25) is 0 Å². The number of rotatable bonds is 6. The molecule has 1 saturated heterocycles. The molecule has 1 aliphatic heterocycles. The summed E-state index contributed by atoms with van der Waals surface area (Å²) in [7, 11) is 0. The zero-order chi connectivity index (χ0) is 20.5. The van der Waals surface area contributed by atoms with Gasteiger partial charge in [-0.1, -0.05) is 0 Å². The zero-order valence-electron chi connectivity index (χ0n) is 16.4. The number of hydrogen-bond donors (Lipinski definition) is 0. The number of ether oxygens (including phenoxy) is 2. The Bertz CT molecular complexity index is 812. The summed E-state index contributed by atoms with van der Waals surface area (Å²) in [5.41, 5.74) is 0.925. The van der Waals surface area contributed by atoms with Crippen LogP contribution in [0.4, 0.5) is 4.79 Å². The summed E-state index contributed by atoms with van der Waals surface area (Å²) in [6.07, 6.45) is 3.19. The summed E-state index contributed by atoms with van der Waals surface area (Å²) in [4.78, 5) is 14.5. The zero-order valence-corrected chi connectivity index (χ0v) is 18.2. The average molecular weight is 460 g/mol. The molecule has 0 bridgehead atoms. The normalized spacial score (nSPS) is 20.9. The Balaban J connectivity index is 1.73. The molecule has 3 unspecified atom stereocenters. The SMILES string of the molecule is C=CC1CCCCN(C(=O)OCc2ccccc2)C(C[Se](=O)c2ccccc2)O1.